The van der Waals surface area contributed by atoms with Crippen LogP contribution in [0.1, 0.15) is 33.3 Å². The Morgan fingerprint density at radius 1 is 1.33 bits per heavy atom. The number of hydrogen-bond donors (Lipinski definition) is 1. The maximum Gasteiger partial charge on any atom is 0.119 e. The van der Waals surface area contributed by atoms with Crippen LogP contribution in [0.15, 0.2) is 18.2 Å². The topological polar surface area (TPSA) is 38.5 Å². The lowest BCUT2D eigenvalue weighted by Crippen LogP contribution is -2.38. The van der Waals surface area contributed by atoms with Gasteiger partial charge in [-0.2, -0.15) is 0 Å². The van der Waals surface area contributed by atoms with Crippen LogP contribution in [-0.2, 0) is 6.54 Å². The van der Waals surface area contributed by atoms with Gasteiger partial charge >= 0.3 is 0 Å². The van der Waals surface area contributed by atoms with E-state index >= 15 is 0 Å². The Hall–Kier alpha value is -1.22. The summed E-state index contributed by atoms with van der Waals surface area (Å²) in [6, 6.07) is 6.29. The molecule has 0 radical (unpaired) electrons. The first-order valence-corrected chi connectivity index (χ1v) is 6.38. The molecule has 3 heteroatoms. The maximum absolute atomic E-state index is 6.02. The van der Waals surface area contributed by atoms with Gasteiger partial charge in [-0.3, -0.25) is 4.90 Å². The molecule has 102 valence electrons. The summed E-state index contributed by atoms with van der Waals surface area (Å²) < 4.78 is 5.25. The van der Waals surface area contributed by atoms with Crippen molar-refractivity contribution in [3.63, 3.8) is 0 Å². The molecule has 0 amide bonds. The summed E-state index contributed by atoms with van der Waals surface area (Å²) in [7, 11) is 3.81. The van der Waals surface area contributed by atoms with Crippen molar-refractivity contribution in [2.24, 2.45) is 5.41 Å². The molecule has 1 aromatic carbocycles. The molecule has 0 spiro atoms. The van der Waals surface area contributed by atoms with Crippen LogP contribution in [0.25, 0.3) is 0 Å². The van der Waals surface area contributed by atoms with E-state index in [0.29, 0.717) is 6.04 Å². The molecule has 0 aliphatic rings. The summed E-state index contributed by atoms with van der Waals surface area (Å²) in [6.45, 7) is 9.84. The molecule has 1 aromatic rings. The van der Waals surface area contributed by atoms with Crippen molar-refractivity contribution in [1.29, 1.82) is 0 Å². The normalized spacial score (nSPS) is 13.7. The van der Waals surface area contributed by atoms with Gasteiger partial charge < -0.3 is 10.5 Å². The number of ether oxygens (including phenoxy) is 1. The molecular formula is C15H26N2O. The number of rotatable bonds is 4. The standard InChI is InChI=1S/C15H26N2O/c1-11(15(2,3)4)17(5)10-12-9-13(18-6)7-8-14(12)16/h7-9,11H,10,16H2,1-6H3. The SMILES string of the molecule is COc1ccc(N)c(CN(C)C(C)C(C)(C)C)c1. The predicted octanol–water partition coefficient (Wildman–Crippen LogP) is 3.14. The zero-order valence-corrected chi connectivity index (χ0v) is 12.4. The molecule has 2 N–H and O–H groups in total. The van der Waals surface area contributed by atoms with Crippen molar-refractivity contribution < 1.29 is 4.74 Å². The van der Waals surface area contributed by atoms with E-state index in [1.807, 2.05) is 18.2 Å². The largest absolute Gasteiger partial charge is 0.497 e. The van der Waals surface area contributed by atoms with Gasteiger partial charge in [-0.25, -0.2) is 0 Å². The monoisotopic (exact) mass is 250 g/mol. The average Bonchev–Trinajstić information content (AvgIpc) is 2.29. The molecule has 18 heavy (non-hydrogen) atoms. The van der Waals surface area contributed by atoms with E-state index in [1.54, 1.807) is 7.11 Å². The molecule has 0 aliphatic heterocycles. The summed E-state index contributed by atoms with van der Waals surface area (Å²) in [5, 5.41) is 0. The van der Waals surface area contributed by atoms with Gasteiger partial charge in [0.05, 0.1) is 7.11 Å². The summed E-state index contributed by atoms with van der Waals surface area (Å²) in [4.78, 5) is 2.32. The molecular weight excluding hydrogens is 224 g/mol. The van der Waals surface area contributed by atoms with E-state index in [0.717, 1.165) is 23.5 Å². The number of benzene rings is 1. The van der Waals surface area contributed by atoms with E-state index in [9.17, 15) is 0 Å². The number of methoxy groups -OCH3 is 1. The zero-order chi connectivity index (χ0) is 13.9. The molecule has 0 bridgehead atoms. The van der Waals surface area contributed by atoms with Crippen LogP contribution in [-0.4, -0.2) is 25.1 Å². The second kappa shape index (κ2) is 5.61. The maximum atomic E-state index is 6.02. The highest BCUT2D eigenvalue weighted by atomic mass is 16.5. The minimum Gasteiger partial charge on any atom is -0.497 e. The third kappa shape index (κ3) is 3.64. The second-order valence-corrected chi connectivity index (χ2v) is 6.02. The first kappa shape index (κ1) is 14.8. The fourth-order valence-corrected chi connectivity index (χ4v) is 1.91. The molecule has 0 aromatic heterocycles. The van der Waals surface area contributed by atoms with Gasteiger partial charge in [0, 0.05) is 18.3 Å². The fourth-order valence-electron chi connectivity index (χ4n) is 1.91. The third-order valence-corrected chi connectivity index (χ3v) is 3.68. The lowest BCUT2D eigenvalue weighted by Gasteiger charge is -2.35. The highest BCUT2D eigenvalue weighted by Gasteiger charge is 2.24. The van der Waals surface area contributed by atoms with E-state index in [1.165, 1.54) is 0 Å². The van der Waals surface area contributed by atoms with E-state index in [-0.39, 0.29) is 5.41 Å². The smallest absolute Gasteiger partial charge is 0.119 e. The van der Waals surface area contributed by atoms with Gasteiger partial charge in [0.25, 0.3) is 0 Å². The van der Waals surface area contributed by atoms with E-state index < -0.39 is 0 Å². The Morgan fingerprint density at radius 2 is 1.94 bits per heavy atom. The van der Waals surface area contributed by atoms with Gasteiger partial charge in [-0.15, -0.1) is 0 Å². The van der Waals surface area contributed by atoms with Crippen LogP contribution in [0.3, 0.4) is 0 Å². The van der Waals surface area contributed by atoms with Crippen LogP contribution < -0.4 is 10.5 Å². The first-order valence-electron chi connectivity index (χ1n) is 6.38. The Bertz CT molecular complexity index is 396. The van der Waals surface area contributed by atoms with Crippen molar-refractivity contribution in [3.8, 4) is 5.75 Å². The van der Waals surface area contributed by atoms with Gasteiger partial charge in [0.15, 0.2) is 0 Å². The molecule has 0 heterocycles. The van der Waals surface area contributed by atoms with Gasteiger partial charge in [-0.05, 0) is 43.1 Å². The zero-order valence-electron chi connectivity index (χ0n) is 12.4. The molecule has 0 aliphatic carbocycles. The molecule has 1 rings (SSSR count). The minimum absolute atomic E-state index is 0.252. The van der Waals surface area contributed by atoms with Crippen LogP contribution >= 0.6 is 0 Å². The molecule has 1 atom stereocenters. The Morgan fingerprint density at radius 3 is 2.44 bits per heavy atom. The average molecular weight is 250 g/mol. The highest BCUT2D eigenvalue weighted by Crippen LogP contribution is 2.26. The van der Waals surface area contributed by atoms with E-state index in [2.05, 4.69) is 39.6 Å². The van der Waals surface area contributed by atoms with Gasteiger partial charge in [-0.1, -0.05) is 20.8 Å². The predicted molar refractivity (Wildman–Crippen MR) is 77.8 cm³/mol. The molecule has 0 saturated heterocycles. The Balaban J connectivity index is 2.84. The highest BCUT2D eigenvalue weighted by molar-refractivity contribution is 5.50. The lowest BCUT2D eigenvalue weighted by atomic mass is 9.87. The van der Waals surface area contributed by atoms with Crippen LogP contribution in [0.4, 0.5) is 5.69 Å². The number of nitrogen functional groups attached to an aromatic ring is 1. The van der Waals surface area contributed by atoms with Crippen molar-refractivity contribution >= 4 is 5.69 Å². The number of nitrogens with zero attached hydrogens (tertiary/aromatic N) is 1. The lowest BCUT2D eigenvalue weighted by molar-refractivity contribution is 0.135. The van der Waals surface area contributed by atoms with Crippen molar-refractivity contribution in [1.82, 2.24) is 4.90 Å². The summed E-state index contributed by atoms with van der Waals surface area (Å²) in [5.74, 6) is 0.857. The Kier molecular flexibility index (Phi) is 4.63. The summed E-state index contributed by atoms with van der Waals surface area (Å²) in [6.07, 6.45) is 0. The molecule has 1 unspecified atom stereocenters. The molecule has 3 nitrogen and oxygen atoms in total. The quantitative estimate of drug-likeness (QED) is 0.834. The summed E-state index contributed by atoms with van der Waals surface area (Å²) in [5.41, 5.74) is 8.21. The Labute approximate surface area is 111 Å². The fraction of sp³-hybridized carbons (Fsp3) is 0.600. The summed E-state index contributed by atoms with van der Waals surface area (Å²) >= 11 is 0. The minimum atomic E-state index is 0.252. The van der Waals surface area contributed by atoms with Crippen molar-refractivity contribution in [2.75, 3.05) is 19.9 Å². The number of nitrogens with two attached hydrogens (primary N) is 1. The number of hydrogen-bond acceptors (Lipinski definition) is 3. The van der Waals surface area contributed by atoms with Gasteiger partial charge in [0.2, 0.25) is 0 Å². The van der Waals surface area contributed by atoms with Crippen LogP contribution in [0.2, 0.25) is 0 Å². The van der Waals surface area contributed by atoms with E-state index in [4.69, 9.17) is 10.5 Å². The third-order valence-electron chi connectivity index (χ3n) is 3.68. The van der Waals surface area contributed by atoms with Crippen LogP contribution in [0, 0.1) is 5.41 Å². The molecule has 0 fully saturated rings. The first-order chi connectivity index (χ1) is 8.25. The number of anilines is 1. The van der Waals surface area contributed by atoms with Crippen LogP contribution in [0.5, 0.6) is 5.75 Å². The van der Waals surface area contributed by atoms with Crippen molar-refractivity contribution in [2.45, 2.75) is 40.3 Å². The molecule has 0 saturated carbocycles. The van der Waals surface area contributed by atoms with Crippen molar-refractivity contribution in [3.05, 3.63) is 23.8 Å². The van der Waals surface area contributed by atoms with Gasteiger partial charge in [0.1, 0.15) is 5.75 Å². The second-order valence-electron chi connectivity index (χ2n) is 6.02.